The molecule has 0 fully saturated rings. The summed E-state index contributed by atoms with van der Waals surface area (Å²) in [4.78, 5) is 46.4. The average Bonchev–Trinajstić information content (AvgIpc) is 3.27. The van der Waals surface area contributed by atoms with Crippen LogP contribution in [0.5, 0.6) is 11.5 Å². The number of rotatable bonds is 11. The van der Waals surface area contributed by atoms with E-state index in [1.165, 1.54) is 11.3 Å². The molecule has 0 radical (unpaired) electrons. The molecule has 2 heterocycles. The summed E-state index contributed by atoms with van der Waals surface area (Å²) in [7, 11) is 0. The molecule has 2 aromatic carbocycles. The van der Waals surface area contributed by atoms with Crippen LogP contribution >= 0.6 is 22.9 Å². The van der Waals surface area contributed by atoms with Crippen LogP contribution in [-0.4, -0.2) is 54.3 Å². The Balaban J connectivity index is 1.81. The maximum Gasteiger partial charge on any atom is 0.344 e. The molecule has 1 amide bonds. The summed E-state index contributed by atoms with van der Waals surface area (Å²) in [6, 6.07) is 11.7. The van der Waals surface area contributed by atoms with Crippen LogP contribution in [0.1, 0.15) is 51.8 Å². The second kappa shape index (κ2) is 13.8. The molecule has 0 unspecified atom stereocenters. The smallest absolute Gasteiger partial charge is 0.344 e. The van der Waals surface area contributed by atoms with Crippen molar-refractivity contribution in [3.63, 3.8) is 0 Å². The SMILES string of the molecule is CCOC(=O)COc1ccc(/C=c2/sc3n(c2=O)[C@H](c2ccc(Cl)cc2)C(C(=O)N(CC)CC)=C(C)N=3)cc1OCC. The zero-order chi connectivity index (χ0) is 30.4. The van der Waals surface area contributed by atoms with Gasteiger partial charge in [-0.05, 0) is 76.1 Å². The van der Waals surface area contributed by atoms with E-state index in [-0.39, 0.29) is 24.7 Å². The van der Waals surface area contributed by atoms with Gasteiger partial charge >= 0.3 is 5.97 Å². The van der Waals surface area contributed by atoms with E-state index in [1.54, 1.807) is 59.7 Å². The number of nitrogens with zero attached hydrogens (tertiary/aromatic N) is 3. The molecule has 1 aliphatic rings. The fourth-order valence-corrected chi connectivity index (χ4v) is 5.90. The van der Waals surface area contributed by atoms with Crippen LogP contribution in [0, 0.1) is 0 Å². The molecule has 9 nitrogen and oxygen atoms in total. The average molecular weight is 612 g/mol. The molecule has 1 aromatic heterocycles. The van der Waals surface area contributed by atoms with E-state index in [0.29, 0.717) is 62.4 Å². The van der Waals surface area contributed by atoms with Gasteiger partial charge in [-0.25, -0.2) is 9.79 Å². The number of carbonyl (C=O) groups is 2. The van der Waals surface area contributed by atoms with E-state index in [9.17, 15) is 14.4 Å². The molecule has 0 spiro atoms. The van der Waals surface area contributed by atoms with Crippen LogP contribution in [0.4, 0.5) is 0 Å². The van der Waals surface area contributed by atoms with Gasteiger partial charge < -0.3 is 19.1 Å². The Kier molecular flexibility index (Phi) is 10.2. The molecule has 11 heteroatoms. The summed E-state index contributed by atoms with van der Waals surface area (Å²) in [5.74, 6) is 0.191. The van der Waals surface area contributed by atoms with E-state index in [4.69, 9.17) is 30.8 Å². The molecule has 3 aromatic rings. The number of fused-ring (bicyclic) bond motifs is 1. The predicted octanol–water partition coefficient (Wildman–Crippen LogP) is 4.10. The number of likely N-dealkylation sites (N-methyl/N-ethyl adjacent to an activating group) is 1. The first-order valence-corrected chi connectivity index (χ1v) is 15.0. The van der Waals surface area contributed by atoms with Gasteiger partial charge in [0.2, 0.25) is 0 Å². The first-order valence-electron chi connectivity index (χ1n) is 13.8. The highest BCUT2D eigenvalue weighted by Crippen LogP contribution is 2.32. The molecule has 42 heavy (non-hydrogen) atoms. The number of amides is 1. The zero-order valence-electron chi connectivity index (χ0n) is 24.3. The van der Waals surface area contributed by atoms with Crippen molar-refractivity contribution in [2.75, 3.05) is 32.9 Å². The van der Waals surface area contributed by atoms with Gasteiger partial charge in [0.25, 0.3) is 11.5 Å². The van der Waals surface area contributed by atoms with E-state index >= 15 is 0 Å². The second-order valence-electron chi connectivity index (χ2n) is 9.34. The maximum absolute atomic E-state index is 14.0. The predicted molar refractivity (Wildman–Crippen MR) is 163 cm³/mol. The summed E-state index contributed by atoms with van der Waals surface area (Å²) in [5, 5.41) is 0.559. The number of benzene rings is 2. The number of allylic oxidation sites excluding steroid dienone is 1. The van der Waals surface area contributed by atoms with Crippen LogP contribution in [0.2, 0.25) is 5.02 Å². The number of carbonyl (C=O) groups excluding carboxylic acids is 2. The summed E-state index contributed by atoms with van der Waals surface area (Å²) in [5.41, 5.74) is 2.23. The molecule has 1 aliphatic heterocycles. The lowest BCUT2D eigenvalue weighted by atomic mass is 9.94. The van der Waals surface area contributed by atoms with Crippen LogP contribution in [0.15, 0.2) is 63.5 Å². The first-order chi connectivity index (χ1) is 20.2. The molecule has 0 saturated carbocycles. The number of hydrogen-bond donors (Lipinski definition) is 0. The van der Waals surface area contributed by atoms with Crippen molar-refractivity contribution >= 4 is 40.9 Å². The quantitative estimate of drug-likeness (QED) is 0.303. The Hall–Kier alpha value is -3.89. The number of thiazole rings is 1. The molecule has 0 bridgehead atoms. The number of ether oxygens (including phenoxy) is 3. The fourth-order valence-electron chi connectivity index (χ4n) is 4.73. The molecule has 4 rings (SSSR count). The third kappa shape index (κ3) is 6.60. The number of hydrogen-bond acceptors (Lipinski definition) is 8. The molecule has 0 aliphatic carbocycles. The maximum atomic E-state index is 14.0. The summed E-state index contributed by atoms with van der Waals surface area (Å²) in [6.07, 6.45) is 1.76. The fraction of sp³-hybridized carbons (Fsp3) is 0.355. The van der Waals surface area contributed by atoms with E-state index in [1.807, 2.05) is 32.9 Å². The molecule has 1 atom stereocenters. The van der Waals surface area contributed by atoms with Gasteiger partial charge in [-0.3, -0.25) is 14.2 Å². The Bertz CT molecular complexity index is 1670. The van der Waals surface area contributed by atoms with Gasteiger partial charge in [0, 0.05) is 18.1 Å². The topological polar surface area (TPSA) is 99.4 Å². The Morgan fingerprint density at radius 1 is 1.02 bits per heavy atom. The van der Waals surface area contributed by atoms with E-state index in [2.05, 4.69) is 0 Å². The Morgan fingerprint density at radius 3 is 2.38 bits per heavy atom. The van der Waals surface area contributed by atoms with E-state index < -0.39 is 12.0 Å². The van der Waals surface area contributed by atoms with Crippen LogP contribution in [0.3, 0.4) is 0 Å². The summed E-state index contributed by atoms with van der Waals surface area (Å²) in [6.45, 7) is 10.7. The molecule has 222 valence electrons. The molecule has 0 N–H and O–H groups in total. The lowest BCUT2D eigenvalue weighted by molar-refractivity contribution is -0.145. The van der Waals surface area contributed by atoms with Gasteiger partial charge in [-0.1, -0.05) is 41.1 Å². The van der Waals surface area contributed by atoms with Gasteiger partial charge in [0.15, 0.2) is 22.9 Å². The monoisotopic (exact) mass is 611 g/mol. The highest BCUT2D eigenvalue weighted by molar-refractivity contribution is 7.07. The van der Waals surface area contributed by atoms with Gasteiger partial charge in [0.05, 0.1) is 35.1 Å². The van der Waals surface area contributed by atoms with Gasteiger partial charge in [-0.15, -0.1) is 0 Å². The van der Waals surface area contributed by atoms with Crippen molar-refractivity contribution in [1.29, 1.82) is 0 Å². The Morgan fingerprint density at radius 2 is 1.74 bits per heavy atom. The third-order valence-corrected chi connectivity index (χ3v) is 7.94. The van der Waals surface area contributed by atoms with Crippen LogP contribution < -0.4 is 24.4 Å². The Labute approximate surface area is 253 Å². The number of aromatic nitrogens is 1. The highest BCUT2D eigenvalue weighted by atomic mass is 35.5. The van der Waals surface area contributed by atoms with E-state index in [0.717, 1.165) is 5.56 Å². The molecular weight excluding hydrogens is 578 g/mol. The zero-order valence-corrected chi connectivity index (χ0v) is 25.9. The summed E-state index contributed by atoms with van der Waals surface area (Å²) >= 11 is 7.42. The minimum Gasteiger partial charge on any atom is -0.490 e. The van der Waals surface area contributed by atoms with Crippen molar-refractivity contribution in [3.8, 4) is 11.5 Å². The van der Waals surface area contributed by atoms with Crippen molar-refractivity contribution in [3.05, 3.63) is 89.6 Å². The number of halogens is 1. The molecule has 0 saturated heterocycles. The lowest BCUT2D eigenvalue weighted by Crippen LogP contribution is -2.43. The molecular formula is C31H34ClN3O6S. The minimum absolute atomic E-state index is 0.157. The highest BCUT2D eigenvalue weighted by Gasteiger charge is 2.34. The van der Waals surface area contributed by atoms with Crippen molar-refractivity contribution in [2.24, 2.45) is 4.99 Å². The van der Waals surface area contributed by atoms with Crippen molar-refractivity contribution in [1.82, 2.24) is 9.47 Å². The standard InChI is InChI=1S/C31H34ClN3O6S/c1-6-34(7-2)30(38)27-19(5)33-31-35(28(27)21-11-13-22(32)14-12-21)29(37)25(42-31)17-20-10-15-23(24(16-20)39-8-3)41-18-26(36)40-9-4/h10-17,28H,6-9,18H2,1-5H3/b25-17+/t28-/m1/s1. The normalized spacial score (nSPS) is 14.7. The van der Waals surface area contributed by atoms with Crippen LogP contribution in [-0.2, 0) is 14.3 Å². The van der Waals surface area contributed by atoms with Gasteiger partial charge in [0.1, 0.15) is 0 Å². The first kappa shape index (κ1) is 31.1. The van der Waals surface area contributed by atoms with Crippen molar-refractivity contribution < 1.29 is 23.8 Å². The lowest BCUT2D eigenvalue weighted by Gasteiger charge is -2.29. The minimum atomic E-state index is -0.661. The van der Waals surface area contributed by atoms with Crippen LogP contribution in [0.25, 0.3) is 6.08 Å². The largest absolute Gasteiger partial charge is 0.490 e. The summed E-state index contributed by atoms with van der Waals surface area (Å²) < 4.78 is 18.3. The van der Waals surface area contributed by atoms with Crippen molar-refractivity contribution in [2.45, 2.75) is 40.7 Å². The number of esters is 1. The second-order valence-corrected chi connectivity index (χ2v) is 10.8. The third-order valence-electron chi connectivity index (χ3n) is 6.70. The van der Waals surface area contributed by atoms with Gasteiger partial charge in [-0.2, -0.15) is 0 Å².